The molecule has 5 heteroatoms. The number of anilines is 1. The third kappa shape index (κ3) is 2.02. The lowest BCUT2D eigenvalue weighted by Crippen LogP contribution is -2.05. The fourth-order valence-electron chi connectivity index (χ4n) is 1.46. The standard InChI is InChI=1S/C11H11ClFN3/c1-2-14-11-15-5-6-16(11)10-7-8(13)3-4-9(10)12/h3-7H,2H2,1H3,(H,14,15). The maximum Gasteiger partial charge on any atom is 0.207 e. The van der Waals surface area contributed by atoms with Gasteiger partial charge in [-0.05, 0) is 25.1 Å². The topological polar surface area (TPSA) is 29.9 Å². The van der Waals surface area contributed by atoms with Crippen LogP contribution in [-0.4, -0.2) is 16.1 Å². The lowest BCUT2D eigenvalue weighted by atomic mass is 10.3. The lowest BCUT2D eigenvalue weighted by molar-refractivity contribution is 0.626. The molecule has 0 aliphatic rings. The molecule has 0 spiro atoms. The van der Waals surface area contributed by atoms with Crippen molar-refractivity contribution in [2.45, 2.75) is 6.92 Å². The second kappa shape index (κ2) is 4.53. The van der Waals surface area contributed by atoms with Crippen molar-refractivity contribution in [3.8, 4) is 5.69 Å². The number of nitrogens with one attached hydrogen (secondary N) is 1. The molecule has 1 heterocycles. The van der Waals surface area contributed by atoms with Gasteiger partial charge in [-0.15, -0.1) is 0 Å². The number of hydrogen-bond acceptors (Lipinski definition) is 2. The molecule has 0 aliphatic carbocycles. The van der Waals surface area contributed by atoms with E-state index in [1.807, 2.05) is 6.92 Å². The Labute approximate surface area is 97.9 Å². The monoisotopic (exact) mass is 239 g/mol. The molecule has 1 aromatic heterocycles. The zero-order chi connectivity index (χ0) is 11.5. The van der Waals surface area contributed by atoms with Crippen molar-refractivity contribution in [3.63, 3.8) is 0 Å². The molecular weight excluding hydrogens is 229 g/mol. The molecule has 3 nitrogen and oxygen atoms in total. The number of aromatic nitrogens is 2. The lowest BCUT2D eigenvalue weighted by Gasteiger charge is -2.10. The van der Waals surface area contributed by atoms with Crippen LogP contribution in [0.4, 0.5) is 10.3 Å². The number of benzene rings is 1. The van der Waals surface area contributed by atoms with Crippen LogP contribution in [0.1, 0.15) is 6.92 Å². The fraction of sp³-hybridized carbons (Fsp3) is 0.182. The molecule has 0 aliphatic heterocycles. The van der Waals surface area contributed by atoms with Crippen LogP contribution in [0.2, 0.25) is 5.02 Å². The van der Waals surface area contributed by atoms with Crippen LogP contribution in [0.5, 0.6) is 0 Å². The maximum absolute atomic E-state index is 13.1. The summed E-state index contributed by atoms with van der Waals surface area (Å²) in [6.45, 7) is 2.70. The SMILES string of the molecule is CCNc1nccn1-c1cc(F)ccc1Cl. The van der Waals surface area contributed by atoms with Gasteiger partial charge in [-0.2, -0.15) is 0 Å². The minimum Gasteiger partial charge on any atom is -0.356 e. The first kappa shape index (κ1) is 11.0. The smallest absolute Gasteiger partial charge is 0.207 e. The molecule has 1 aromatic carbocycles. The van der Waals surface area contributed by atoms with Crippen LogP contribution in [0.15, 0.2) is 30.6 Å². The van der Waals surface area contributed by atoms with E-state index in [1.54, 1.807) is 17.0 Å². The van der Waals surface area contributed by atoms with Crippen molar-refractivity contribution < 1.29 is 4.39 Å². The van der Waals surface area contributed by atoms with Crippen molar-refractivity contribution in [2.24, 2.45) is 0 Å². The van der Waals surface area contributed by atoms with Gasteiger partial charge in [-0.3, -0.25) is 4.57 Å². The average molecular weight is 240 g/mol. The Hall–Kier alpha value is -1.55. The zero-order valence-electron chi connectivity index (χ0n) is 8.74. The van der Waals surface area contributed by atoms with Crippen LogP contribution in [0.3, 0.4) is 0 Å². The molecule has 0 bridgehead atoms. The molecule has 0 fully saturated rings. The van der Waals surface area contributed by atoms with E-state index in [9.17, 15) is 4.39 Å². The van der Waals surface area contributed by atoms with Crippen molar-refractivity contribution in [1.82, 2.24) is 9.55 Å². The van der Waals surface area contributed by atoms with Crippen molar-refractivity contribution in [2.75, 3.05) is 11.9 Å². The van der Waals surface area contributed by atoms with E-state index in [4.69, 9.17) is 11.6 Å². The Morgan fingerprint density at radius 2 is 2.31 bits per heavy atom. The second-order valence-electron chi connectivity index (χ2n) is 3.25. The van der Waals surface area contributed by atoms with E-state index in [0.29, 0.717) is 16.7 Å². The summed E-state index contributed by atoms with van der Waals surface area (Å²) in [5.74, 6) is 0.325. The average Bonchev–Trinajstić information content (AvgIpc) is 2.70. The number of rotatable bonds is 3. The van der Waals surface area contributed by atoms with Crippen molar-refractivity contribution in [1.29, 1.82) is 0 Å². The van der Waals surface area contributed by atoms with E-state index >= 15 is 0 Å². The van der Waals surface area contributed by atoms with Crippen molar-refractivity contribution >= 4 is 17.5 Å². The largest absolute Gasteiger partial charge is 0.356 e. The molecule has 0 amide bonds. The highest BCUT2D eigenvalue weighted by molar-refractivity contribution is 6.32. The van der Waals surface area contributed by atoms with Crippen LogP contribution >= 0.6 is 11.6 Å². The van der Waals surface area contributed by atoms with Gasteiger partial charge in [0.2, 0.25) is 5.95 Å². The molecule has 0 unspecified atom stereocenters. The predicted octanol–water partition coefficient (Wildman–Crippen LogP) is 3.10. The van der Waals surface area contributed by atoms with Crippen LogP contribution < -0.4 is 5.32 Å². The van der Waals surface area contributed by atoms with Gasteiger partial charge in [0.05, 0.1) is 10.7 Å². The summed E-state index contributed by atoms with van der Waals surface area (Å²) in [4.78, 5) is 4.12. The summed E-state index contributed by atoms with van der Waals surface area (Å²) in [6.07, 6.45) is 3.37. The Morgan fingerprint density at radius 1 is 1.50 bits per heavy atom. The molecular formula is C11H11ClFN3. The van der Waals surface area contributed by atoms with E-state index in [0.717, 1.165) is 6.54 Å². The molecule has 16 heavy (non-hydrogen) atoms. The Morgan fingerprint density at radius 3 is 3.06 bits per heavy atom. The van der Waals surface area contributed by atoms with E-state index in [1.165, 1.54) is 18.2 Å². The molecule has 0 atom stereocenters. The molecule has 0 saturated heterocycles. The molecule has 84 valence electrons. The van der Waals surface area contributed by atoms with Gasteiger partial charge in [0.25, 0.3) is 0 Å². The van der Waals surface area contributed by atoms with Gasteiger partial charge >= 0.3 is 0 Å². The minimum absolute atomic E-state index is 0.324. The number of imidazole rings is 1. The maximum atomic E-state index is 13.1. The highest BCUT2D eigenvalue weighted by atomic mass is 35.5. The number of halogens is 2. The van der Waals surface area contributed by atoms with Gasteiger partial charge in [0.15, 0.2) is 0 Å². The molecule has 0 radical (unpaired) electrons. The molecule has 0 saturated carbocycles. The highest BCUT2D eigenvalue weighted by Gasteiger charge is 2.08. The predicted molar refractivity (Wildman–Crippen MR) is 62.7 cm³/mol. The molecule has 2 rings (SSSR count). The summed E-state index contributed by atoms with van der Waals surface area (Å²) in [5.41, 5.74) is 0.579. The summed E-state index contributed by atoms with van der Waals surface area (Å²) in [6, 6.07) is 4.24. The quantitative estimate of drug-likeness (QED) is 0.892. The van der Waals surface area contributed by atoms with E-state index in [-0.39, 0.29) is 5.82 Å². The van der Waals surface area contributed by atoms with Crippen LogP contribution in [0, 0.1) is 5.82 Å². The summed E-state index contributed by atoms with van der Waals surface area (Å²) in [7, 11) is 0. The Balaban J connectivity index is 2.49. The first-order valence-corrected chi connectivity index (χ1v) is 5.33. The highest BCUT2D eigenvalue weighted by Crippen LogP contribution is 2.24. The first-order chi connectivity index (χ1) is 7.72. The van der Waals surface area contributed by atoms with Crippen molar-refractivity contribution in [3.05, 3.63) is 41.4 Å². The summed E-state index contributed by atoms with van der Waals surface area (Å²) < 4.78 is 14.9. The third-order valence-electron chi connectivity index (χ3n) is 2.14. The molecule has 1 N–H and O–H groups in total. The van der Waals surface area contributed by atoms with Crippen LogP contribution in [0.25, 0.3) is 5.69 Å². The van der Waals surface area contributed by atoms with Crippen LogP contribution in [-0.2, 0) is 0 Å². The third-order valence-corrected chi connectivity index (χ3v) is 2.46. The van der Waals surface area contributed by atoms with E-state index < -0.39 is 0 Å². The Kier molecular flexibility index (Phi) is 3.10. The zero-order valence-corrected chi connectivity index (χ0v) is 9.50. The minimum atomic E-state index is -0.324. The van der Waals surface area contributed by atoms with Gasteiger partial charge in [-0.25, -0.2) is 9.37 Å². The number of nitrogens with zero attached hydrogens (tertiary/aromatic N) is 2. The number of hydrogen-bond donors (Lipinski definition) is 1. The van der Waals surface area contributed by atoms with Gasteiger partial charge in [0.1, 0.15) is 5.82 Å². The summed E-state index contributed by atoms with van der Waals surface area (Å²) >= 11 is 6.02. The van der Waals surface area contributed by atoms with Gasteiger partial charge < -0.3 is 5.32 Å². The van der Waals surface area contributed by atoms with Gasteiger partial charge in [-0.1, -0.05) is 11.6 Å². The van der Waals surface area contributed by atoms with E-state index in [2.05, 4.69) is 10.3 Å². The Bertz CT molecular complexity index is 496. The normalized spacial score (nSPS) is 10.4. The fourth-order valence-corrected chi connectivity index (χ4v) is 1.67. The van der Waals surface area contributed by atoms with Gasteiger partial charge in [0, 0.05) is 18.9 Å². The first-order valence-electron chi connectivity index (χ1n) is 4.95. The second-order valence-corrected chi connectivity index (χ2v) is 3.65. The molecule has 2 aromatic rings. The summed E-state index contributed by atoms with van der Waals surface area (Å²) in [5, 5.41) is 3.56.